The second-order valence-corrected chi connectivity index (χ2v) is 4.17. The van der Waals surface area contributed by atoms with Gasteiger partial charge in [0.15, 0.2) is 0 Å². The van der Waals surface area contributed by atoms with Crippen LogP contribution in [0.3, 0.4) is 0 Å². The van der Waals surface area contributed by atoms with Crippen LogP contribution in [0.5, 0.6) is 0 Å². The Morgan fingerprint density at radius 3 is 2.58 bits per heavy atom. The number of aromatic nitrogens is 2. The fourth-order valence-electron chi connectivity index (χ4n) is 1.64. The first kappa shape index (κ1) is 13.6. The molecule has 3 nitrogen and oxygen atoms in total. The zero-order valence-electron chi connectivity index (χ0n) is 10.2. The molecule has 0 atom stereocenters. The van der Waals surface area contributed by atoms with Crippen molar-refractivity contribution in [2.45, 2.75) is 19.1 Å². The Labute approximate surface area is 109 Å². The number of hydrogen-bond acceptors (Lipinski definition) is 2. The van der Waals surface area contributed by atoms with Crippen LogP contribution >= 0.6 is 0 Å². The summed E-state index contributed by atoms with van der Waals surface area (Å²) >= 11 is 0. The molecule has 2 rings (SSSR count). The van der Waals surface area contributed by atoms with E-state index in [1.54, 1.807) is 17.1 Å². The molecule has 19 heavy (non-hydrogen) atoms. The van der Waals surface area contributed by atoms with Gasteiger partial charge in [0.1, 0.15) is 0 Å². The molecule has 0 aliphatic rings. The minimum Gasteiger partial charge on any atom is -0.312 e. The van der Waals surface area contributed by atoms with E-state index in [9.17, 15) is 13.2 Å². The summed E-state index contributed by atoms with van der Waals surface area (Å²) in [4.78, 5) is 0. The van der Waals surface area contributed by atoms with Gasteiger partial charge in [-0.2, -0.15) is 18.3 Å². The highest BCUT2D eigenvalue weighted by atomic mass is 19.4. The first-order valence-electron chi connectivity index (χ1n) is 5.91. The minimum atomic E-state index is -4.11. The predicted octanol–water partition coefficient (Wildman–Crippen LogP) is 2.91. The maximum Gasteiger partial charge on any atom is 0.390 e. The average Bonchev–Trinajstić information content (AvgIpc) is 2.83. The van der Waals surface area contributed by atoms with Crippen molar-refractivity contribution in [3.63, 3.8) is 0 Å². The Morgan fingerprint density at radius 1 is 1.16 bits per heavy atom. The summed E-state index contributed by atoms with van der Waals surface area (Å²) in [6, 6.07) is 9.53. The third-order valence-corrected chi connectivity index (χ3v) is 2.57. The van der Waals surface area contributed by atoms with Crippen LogP contribution in [0.4, 0.5) is 13.2 Å². The first-order valence-corrected chi connectivity index (χ1v) is 5.91. The van der Waals surface area contributed by atoms with Gasteiger partial charge in [0, 0.05) is 24.8 Å². The molecule has 0 saturated heterocycles. The molecule has 0 fully saturated rings. The molecular formula is C13H14F3N3. The molecule has 0 bridgehead atoms. The summed E-state index contributed by atoms with van der Waals surface area (Å²) in [5.41, 5.74) is 1.77. The number of hydrogen-bond donors (Lipinski definition) is 1. The van der Waals surface area contributed by atoms with E-state index < -0.39 is 12.6 Å². The van der Waals surface area contributed by atoms with E-state index in [2.05, 4.69) is 10.4 Å². The second-order valence-electron chi connectivity index (χ2n) is 4.17. The monoisotopic (exact) mass is 269 g/mol. The van der Waals surface area contributed by atoms with Crippen LogP contribution in [0.2, 0.25) is 0 Å². The molecule has 1 heterocycles. The van der Waals surface area contributed by atoms with Crippen molar-refractivity contribution >= 4 is 0 Å². The number of halogens is 3. The fraction of sp³-hybridized carbons (Fsp3) is 0.308. The maximum absolute atomic E-state index is 12.0. The third-order valence-electron chi connectivity index (χ3n) is 2.57. The average molecular weight is 269 g/mol. The number of rotatable bonds is 5. The lowest BCUT2D eigenvalue weighted by atomic mass is 10.3. The summed E-state index contributed by atoms with van der Waals surface area (Å²) in [5, 5.41) is 6.92. The molecule has 0 unspecified atom stereocenters. The van der Waals surface area contributed by atoms with Crippen LogP contribution in [0.15, 0.2) is 42.7 Å². The van der Waals surface area contributed by atoms with Crippen LogP contribution < -0.4 is 5.32 Å². The quantitative estimate of drug-likeness (QED) is 0.846. The van der Waals surface area contributed by atoms with Gasteiger partial charge >= 0.3 is 6.18 Å². The van der Waals surface area contributed by atoms with Crippen molar-refractivity contribution < 1.29 is 13.2 Å². The van der Waals surface area contributed by atoms with Gasteiger partial charge in [-0.1, -0.05) is 18.2 Å². The highest BCUT2D eigenvalue weighted by molar-refractivity contribution is 5.30. The molecule has 2 aromatic rings. The summed E-state index contributed by atoms with van der Waals surface area (Å²) in [6.07, 6.45) is -1.48. The Kier molecular flexibility index (Phi) is 4.21. The van der Waals surface area contributed by atoms with Crippen LogP contribution in [-0.2, 0) is 6.54 Å². The molecule has 0 saturated carbocycles. The van der Waals surface area contributed by atoms with Gasteiger partial charge in [0.25, 0.3) is 0 Å². The summed E-state index contributed by atoms with van der Waals surface area (Å²) < 4.78 is 37.5. The summed E-state index contributed by atoms with van der Waals surface area (Å²) in [5.74, 6) is 0. The van der Waals surface area contributed by atoms with Crippen LogP contribution in [0, 0.1) is 0 Å². The Balaban J connectivity index is 1.85. The number of benzene rings is 1. The lowest BCUT2D eigenvalue weighted by molar-refractivity contribution is -0.133. The van der Waals surface area contributed by atoms with Crippen molar-refractivity contribution in [3.05, 3.63) is 48.3 Å². The molecule has 0 aliphatic heterocycles. The molecule has 102 valence electrons. The molecule has 1 aromatic carbocycles. The van der Waals surface area contributed by atoms with Crippen LogP contribution in [-0.4, -0.2) is 22.5 Å². The fourth-order valence-corrected chi connectivity index (χ4v) is 1.64. The Morgan fingerprint density at radius 2 is 1.89 bits per heavy atom. The lowest BCUT2D eigenvalue weighted by Crippen LogP contribution is -2.21. The smallest absolute Gasteiger partial charge is 0.312 e. The first-order chi connectivity index (χ1) is 9.04. The van der Waals surface area contributed by atoms with Gasteiger partial charge in [-0.05, 0) is 12.1 Å². The number of nitrogens with zero attached hydrogens (tertiary/aromatic N) is 2. The molecule has 0 amide bonds. The largest absolute Gasteiger partial charge is 0.390 e. The molecule has 6 heteroatoms. The van der Waals surface area contributed by atoms with Crippen molar-refractivity contribution in [1.82, 2.24) is 15.1 Å². The van der Waals surface area contributed by atoms with Gasteiger partial charge in [0.05, 0.1) is 18.3 Å². The Bertz CT molecular complexity index is 505. The second kappa shape index (κ2) is 5.88. The van der Waals surface area contributed by atoms with Crippen molar-refractivity contribution in [3.8, 4) is 5.69 Å². The third kappa shape index (κ3) is 4.40. The topological polar surface area (TPSA) is 29.9 Å². The van der Waals surface area contributed by atoms with E-state index >= 15 is 0 Å². The molecule has 0 radical (unpaired) electrons. The molecule has 0 aliphatic carbocycles. The van der Waals surface area contributed by atoms with E-state index in [1.807, 2.05) is 30.3 Å². The van der Waals surface area contributed by atoms with Gasteiger partial charge in [0.2, 0.25) is 0 Å². The van der Waals surface area contributed by atoms with Gasteiger partial charge in [-0.25, -0.2) is 4.68 Å². The minimum absolute atomic E-state index is 0.0833. The van der Waals surface area contributed by atoms with Crippen molar-refractivity contribution in [2.24, 2.45) is 0 Å². The van der Waals surface area contributed by atoms with Crippen molar-refractivity contribution in [1.29, 1.82) is 0 Å². The number of alkyl halides is 3. The SMILES string of the molecule is FC(F)(F)CCNCc1cnn(-c2ccccc2)c1. The van der Waals surface area contributed by atoms with E-state index in [0.29, 0.717) is 6.54 Å². The highest BCUT2D eigenvalue weighted by Crippen LogP contribution is 2.18. The van der Waals surface area contributed by atoms with Crippen LogP contribution in [0.1, 0.15) is 12.0 Å². The van der Waals surface area contributed by atoms with E-state index in [0.717, 1.165) is 11.3 Å². The van der Waals surface area contributed by atoms with E-state index in [-0.39, 0.29) is 6.54 Å². The lowest BCUT2D eigenvalue weighted by Gasteiger charge is -2.06. The normalized spacial score (nSPS) is 11.7. The zero-order valence-corrected chi connectivity index (χ0v) is 10.2. The van der Waals surface area contributed by atoms with Gasteiger partial charge < -0.3 is 5.32 Å². The molecule has 1 aromatic heterocycles. The number of nitrogens with one attached hydrogen (secondary N) is 1. The number of para-hydroxylation sites is 1. The Hall–Kier alpha value is -1.82. The van der Waals surface area contributed by atoms with Crippen LogP contribution in [0.25, 0.3) is 5.69 Å². The summed E-state index contributed by atoms with van der Waals surface area (Å²) in [7, 11) is 0. The molecule has 1 N–H and O–H groups in total. The molecule has 0 spiro atoms. The maximum atomic E-state index is 12.0. The van der Waals surface area contributed by atoms with E-state index in [4.69, 9.17) is 0 Å². The standard InChI is InChI=1S/C13H14F3N3/c14-13(15,16)6-7-17-8-11-9-18-19(10-11)12-4-2-1-3-5-12/h1-5,9-10,17H,6-8H2. The molecular weight excluding hydrogens is 255 g/mol. The zero-order chi connectivity index (χ0) is 13.7. The highest BCUT2D eigenvalue weighted by Gasteiger charge is 2.25. The van der Waals surface area contributed by atoms with Gasteiger partial charge in [-0.15, -0.1) is 0 Å². The van der Waals surface area contributed by atoms with Crippen molar-refractivity contribution in [2.75, 3.05) is 6.54 Å². The summed E-state index contributed by atoms with van der Waals surface area (Å²) in [6.45, 7) is 0.295. The van der Waals surface area contributed by atoms with E-state index in [1.165, 1.54) is 0 Å². The predicted molar refractivity (Wildman–Crippen MR) is 65.9 cm³/mol. The van der Waals surface area contributed by atoms with Gasteiger partial charge in [-0.3, -0.25) is 0 Å².